The van der Waals surface area contributed by atoms with Gasteiger partial charge in [0.05, 0.1) is 12.3 Å². The fourth-order valence-corrected chi connectivity index (χ4v) is 3.14. The SMILES string of the molecule is CCOc1ccc(-n2nc3cc(C)c(NC(=O)c4cccc(C)c4)cc3n2)cc1. The Morgan fingerprint density at radius 3 is 2.41 bits per heavy atom. The van der Waals surface area contributed by atoms with Crippen molar-refractivity contribution in [2.45, 2.75) is 20.8 Å². The number of ether oxygens (including phenoxy) is 1. The van der Waals surface area contributed by atoms with Crippen molar-refractivity contribution in [2.75, 3.05) is 11.9 Å². The summed E-state index contributed by atoms with van der Waals surface area (Å²) in [5, 5.41) is 12.1. The summed E-state index contributed by atoms with van der Waals surface area (Å²) >= 11 is 0. The van der Waals surface area contributed by atoms with Crippen molar-refractivity contribution in [3.05, 3.63) is 77.4 Å². The summed E-state index contributed by atoms with van der Waals surface area (Å²) in [4.78, 5) is 14.2. The summed E-state index contributed by atoms with van der Waals surface area (Å²) in [6.07, 6.45) is 0. The molecule has 4 rings (SSSR count). The zero-order chi connectivity index (χ0) is 20.4. The third-order valence-corrected chi connectivity index (χ3v) is 4.63. The van der Waals surface area contributed by atoms with Gasteiger partial charge in [0.1, 0.15) is 16.8 Å². The smallest absolute Gasteiger partial charge is 0.255 e. The first-order valence-corrected chi connectivity index (χ1v) is 9.52. The molecule has 6 heteroatoms. The maximum Gasteiger partial charge on any atom is 0.255 e. The number of carbonyl (C=O) groups excluding carboxylic acids is 1. The van der Waals surface area contributed by atoms with Gasteiger partial charge in [-0.3, -0.25) is 4.79 Å². The van der Waals surface area contributed by atoms with Gasteiger partial charge in [0.25, 0.3) is 5.91 Å². The van der Waals surface area contributed by atoms with Gasteiger partial charge in [0.2, 0.25) is 0 Å². The fraction of sp³-hybridized carbons (Fsp3) is 0.174. The number of fused-ring (bicyclic) bond motifs is 1. The lowest BCUT2D eigenvalue weighted by Gasteiger charge is -2.08. The molecule has 4 aromatic rings. The second kappa shape index (κ2) is 7.75. The van der Waals surface area contributed by atoms with Crippen LogP contribution in [0.1, 0.15) is 28.4 Å². The number of amides is 1. The maximum absolute atomic E-state index is 12.6. The Hall–Kier alpha value is -3.67. The molecule has 0 aliphatic carbocycles. The van der Waals surface area contributed by atoms with Crippen molar-refractivity contribution in [2.24, 2.45) is 0 Å². The Morgan fingerprint density at radius 1 is 1.00 bits per heavy atom. The number of nitrogens with zero attached hydrogens (tertiary/aromatic N) is 3. The second-order valence-electron chi connectivity index (χ2n) is 6.90. The van der Waals surface area contributed by atoms with Crippen molar-refractivity contribution in [3.63, 3.8) is 0 Å². The van der Waals surface area contributed by atoms with E-state index >= 15 is 0 Å². The molecule has 0 bridgehead atoms. The molecule has 0 saturated heterocycles. The number of hydrogen-bond donors (Lipinski definition) is 1. The van der Waals surface area contributed by atoms with E-state index in [1.165, 1.54) is 0 Å². The van der Waals surface area contributed by atoms with Gasteiger partial charge in [0.15, 0.2) is 0 Å². The van der Waals surface area contributed by atoms with Gasteiger partial charge in [-0.1, -0.05) is 17.7 Å². The van der Waals surface area contributed by atoms with E-state index in [4.69, 9.17) is 4.74 Å². The minimum absolute atomic E-state index is 0.143. The van der Waals surface area contributed by atoms with Gasteiger partial charge >= 0.3 is 0 Å². The Balaban J connectivity index is 1.62. The van der Waals surface area contributed by atoms with E-state index < -0.39 is 0 Å². The highest BCUT2D eigenvalue weighted by molar-refractivity contribution is 6.05. The van der Waals surface area contributed by atoms with Crippen LogP contribution < -0.4 is 10.1 Å². The van der Waals surface area contributed by atoms with Crippen LogP contribution in [-0.2, 0) is 0 Å². The Morgan fingerprint density at radius 2 is 1.72 bits per heavy atom. The summed E-state index contributed by atoms with van der Waals surface area (Å²) in [7, 11) is 0. The molecule has 0 aliphatic rings. The molecule has 0 spiro atoms. The number of aromatic nitrogens is 3. The van der Waals surface area contributed by atoms with Gasteiger partial charge in [-0.2, -0.15) is 4.80 Å². The first-order chi connectivity index (χ1) is 14.0. The number of nitrogens with one attached hydrogen (secondary N) is 1. The lowest BCUT2D eigenvalue weighted by Crippen LogP contribution is -2.12. The molecule has 0 aliphatic heterocycles. The number of carbonyl (C=O) groups is 1. The molecule has 29 heavy (non-hydrogen) atoms. The summed E-state index contributed by atoms with van der Waals surface area (Å²) in [6.45, 7) is 6.49. The van der Waals surface area contributed by atoms with Crippen LogP contribution >= 0.6 is 0 Å². The lowest BCUT2D eigenvalue weighted by atomic mass is 10.1. The Bertz CT molecular complexity index is 1180. The third kappa shape index (κ3) is 3.96. The Labute approximate surface area is 169 Å². The van der Waals surface area contributed by atoms with E-state index in [-0.39, 0.29) is 5.91 Å². The number of hydrogen-bond acceptors (Lipinski definition) is 4. The van der Waals surface area contributed by atoms with Crippen LogP contribution in [0.5, 0.6) is 5.75 Å². The van der Waals surface area contributed by atoms with Crippen LogP contribution in [0.3, 0.4) is 0 Å². The monoisotopic (exact) mass is 386 g/mol. The molecule has 0 unspecified atom stereocenters. The number of anilines is 1. The lowest BCUT2D eigenvalue weighted by molar-refractivity contribution is 0.102. The molecule has 3 aromatic carbocycles. The summed E-state index contributed by atoms with van der Waals surface area (Å²) in [5.74, 6) is 0.667. The topological polar surface area (TPSA) is 69.0 Å². The van der Waals surface area contributed by atoms with E-state index in [1.807, 2.05) is 75.4 Å². The fourth-order valence-electron chi connectivity index (χ4n) is 3.14. The highest BCUT2D eigenvalue weighted by Gasteiger charge is 2.12. The van der Waals surface area contributed by atoms with Crippen LogP contribution in [0.15, 0.2) is 60.7 Å². The highest BCUT2D eigenvalue weighted by Crippen LogP contribution is 2.23. The van der Waals surface area contributed by atoms with Gasteiger partial charge in [-0.15, -0.1) is 10.2 Å². The van der Waals surface area contributed by atoms with E-state index in [0.29, 0.717) is 17.7 Å². The second-order valence-corrected chi connectivity index (χ2v) is 6.90. The van der Waals surface area contributed by atoms with E-state index in [2.05, 4.69) is 15.5 Å². The quantitative estimate of drug-likeness (QED) is 0.540. The number of aryl methyl sites for hydroxylation is 2. The molecular formula is C23H22N4O2. The molecule has 1 aromatic heterocycles. The van der Waals surface area contributed by atoms with Crippen LogP contribution in [0.25, 0.3) is 16.7 Å². The van der Waals surface area contributed by atoms with Gasteiger partial charge in [-0.05, 0) is 74.9 Å². The summed E-state index contributed by atoms with van der Waals surface area (Å²) in [6, 6.07) is 18.9. The summed E-state index contributed by atoms with van der Waals surface area (Å²) < 4.78 is 5.48. The molecule has 1 heterocycles. The van der Waals surface area contributed by atoms with Crippen molar-refractivity contribution in [1.82, 2.24) is 15.0 Å². The van der Waals surface area contributed by atoms with Crippen LogP contribution in [0, 0.1) is 13.8 Å². The first kappa shape index (κ1) is 18.7. The normalized spacial score (nSPS) is 10.9. The Kier molecular flexibility index (Phi) is 4.99. The minimum Gasteiger partial charge on any atom is -0.494 e. The molecule has 0 radical (unpaired) electrons. The first-order valence-electron chi connectivity index (χ1n) is 9.52. The van der Waals surface area contributed by atoms with Crippen molar-refractivity contribution in [3.8, 4) is 11.4 Å². The number of benzene rings is 3. The van der Waals surface area contributed by atoms with Gasteiger partial charge < -0.3 is 10.1 Å². The van der Waals surface area contributed by atoms with Crippen molar-refractivity contribution in [1.29, 1.82) is 0 Å². The molecule has 1 N–H and O–H groups in total. The largest absolute Gasteiger partial charge is 0.494 e. The zero-order valence-electron chi connectivity index (χ0n) is 16.6. The molecule has 0 saturated carbocycles. The molecule has 146 valence electrons. The third-order valence-electron chi connectivity index (χ3n) is 4.63. The van der Waals surface area contributed by atoms with Crippen molar-refractivity contribution < 1.29 is 9.53 Å². The number of rotatable bonds is 5. The van der Waals surface area contributed by atoms with Gasteiger partial charge in [0, 0.05) is 11.3 Å². The molecule has 1 amide bonds. The van der Waals surface area contributed by atoms with E-state index in [1.54, 1.807) is 10.9 Å². The highest BCUT2D eigenvalue weighted by atomic mass is 16.5. The predicted molar refractivity (Wildman–Crippen MR) is 114 cm³/mol. The average molecular weight is 386 g/mol. The minimum atomic E-state index is -0.143. The average Bonchev–Trinajstić information content (AvgIpc) is 3.11. The van der Waals surface area contributed by atoms with E-state index in [0.717, 1.165) is 33.8 Å². The predicted octanol–water partition coefficient (Wildman–Crippen LogP) is 4.69. The van der Waals surface area contributed by atoms with Crippen LogP contribution in [0.4, 0.5) is 5.69 Å². The van der Waals surface area contributed by atoms with Crippen molar-refractivity contribution >= 4 is 22.6 Å². The molecule has 0 fully saturated rings. The zero-order valence-corrected chi connectivity index (χ0v) is 16.6. The van der Waals surface area contributed by atoms with Crippen LogP contribution in [0.2, 0.25) is 0 Å². The van der Waals surface area contributed by atoms with Crippen LogP contribution in [-0.4, -0.2) is 27.5 Å². The summed E-state index contributed by atoms with van der Waals surface area (Å²) in [5.41, 5.74) is 5.65. The standard InChI is InChI=1S/C23H22N4O2/c1-4-29-19-10-8-18(9-11-19)27-25-21-13-16(3)20(14-22(21)26-27)24-23(28)17-7-5-6-15(2)12-17/h5-14H,4H2,1-3H3,(H,24,28). The molecule has 0 atom stereocenters. The van der Waals surface area contributed by atoms with E-state index in [9.17, 15) is 4.79 Å². The maximum atomic E-state index is 12.6. The molecule has 6 nitrogen and oxygen atoms in total. The molecular weight excluding hydrogens is 364 g/mol. The van der Waals surface area contributed by atoms with Gasteiger partial charge in [-0.25, -0.2) is 0 Å².